The van der Waals surface area contributed by atoms with Crippen LogP contribution in [-0.2, 0) is 19.1 Å². The third-order valence-corrected chi connectivity index (χ3v) is 3.11. The fourth-order valence-electron chi connectivity index (χ4n) is 2.10. The average Bonchev–Trinajstić information content (AvgIpc) is 2.35. The zero-order valence-corrected chi connectivity index (χ0v) is 12.7. The van der Waals surface area contributed by atoms with Crippen LogP contribution in [0.2, 0.25) is 0 Å². The predicted octanol–water partition coefficient (Wildman–Crippen LogP) is -0.0323. The SMILES string of the molecule is COC(=O)[C@]1(CC(=O)C=C(C)C)NC(=S)NC(=O)[C@@H]1C#N. The maximum atomic E-state index is 12.1. The maximum Gasteiger partial charge on any atom is 0.334 e. The van der Waals surface area contributed by atoms with Crippen molar-refractivity contribution in [2.24, 2.45) is 5.92 Å². The first-order valence-corrected chi connectivity index (χ1v) is 6.46. The number of thiocarbonyl (C=S) groups is 1. The smallest absolute Gasteiger partial charge is 0.334 e. The molecule has 1 heterocycles. The second kappa shape index (κ2) is 6.45. The molecular weight excluding hydrogens is 294 g/mol. The number of hydrogen-bond donors (Lipinski definition) is 2. The number of esters is 1. The third kappa shape index (κ3) is 3.44. The quantitative estimate of drug-likeness (QED) is 0.426. The fourth-order valence-corrected chi connectivity index (χ4v) is 2.38. The van der Waals surface area contributed by atoms with Crippen LogP contribution in [-0.4, -0.2) is 35.4 Å². The van der Waals surface area contributed by atoms with Crippen LogP contribution < -0.4 is 10.6 Å². The number of amides is 1. The molecule has 1 aliphatic rings. The third-order valence-electron chi connectivity index (χ3n) is 2.91. The van der Waals surface area contributed by atoms with Crippen LogP contribution >= 0.6 is 12.2 Å². The lowest BCUT2D eigenvalue weighted by atomic mass is 9.78. The molecule has 7 nitrogen and oxygen atoms in total. The minimum Gasteiger partial charge on any atom is -0.467 e. The molecule has 1 amide bonds. The van der Waals surface area contributed by atoms with Gasteiger partial charge in [-0.1, -0.05) is 5.57 Å². The molecule has 0 saturated carbocycles. The largest absolute Gasteiger partial charge is 0.467 e. The molecule has 1 rings (SSSR count). The molecule has 0 unspecified atom stereocenters. The molecule has 0 aromatic carbocycles. The molecule has 8 heteroatoms. The molecule has 2 atom stereocenters. The summed E-state index contributed by atoms with van der Waals surface area (Å²) in [4.78, 5) is 36.0. The molecule has 21 heavy (non-hydrogen) atoms. The molecular formula is C13H15N3O4S. The van der Waals surface area contributed by atoms with E-state index in [4.69, 9.17) is 12.2 Å². The Kier molecular flexibility index (Phi) is 5.16. The highest BCUT2D eigenvalue weighted by Crippen LogP contribution is 2.27. The van der Waals surface area contributed by atoms with Crippen molar-refractivity contribution < 1.29 is 19.1 Å². The lowest BCUT2D eigenvalue weighted by molar-refractivity contribution is -0.154. The predicted molar refractivity (Wildman–Crippen MR) is 76.8 cm³/mol. The van der Waals surface area contributed by atoms with Gasteiger partial charge in [-0.15, -0.1) is 0 Å². The summed E-state index contributed by atoms with van der Waals surface area (Å²) in [5.74, 6) is -3.46. The second-order valence-corrected chi connectivity index (χ2v) is 5.24. The van der Waals surface area contributed by atoms with E-state index in [2.05, 4.69) is 15.4 Å². The van der Waals surface area contributed by atoms with Gasteiger partial charge in [-0.2, -0.15) is 5.26 Å². The summed E-state index contributed by atoms with van der Waals surface area (Å²) in [5.41, 5.74) is -1.08. The number of methoxy groups -OCH3 is 1. The molecule has 1 aliphatic heterocycles. The maximum absolute atomic E-state index is 12.1. The Morgan fingerprint density at radius 1 is 1.52 bits per heavy atom. The Bertz CT molecular complexity index is 574. The van der Waals surface area contributed by atoms with Gasteiger partial charge in [0.25, 0.3) is 0 Å². The van der Waals surface area contributed by atoms with Crippen LogP contribution in [0, 0.1) is 17.2 Å². The zero-order valence-electron chi connectivity index (χ0n) is 11.9. The molecule has 0 aliphatic carbocycles. The first-order chi connectivity index (χ1) is 9.76. The number of nitrogens with zero attached hydrogens (tertiary/aromatic N) is 1. The van der Waals surface area contributed by atoms with Crippen molar-refractivity contribution in [1.82, 2.24) is 10.6 Å². The van der Waals surface area contributed by atoms with Gasteiger partial charge in [-0.25, -0.2) is 4.79 Å². The van der Waals surface area contributed by atoms with Gasteiger partial charge in [0.2, 0.25) is 5.91 Å². The van der Waals surface area contributed by atoms with E-state index >= 15 is 0 Å². The Morgan fingerprint density at radius 2 is 2.14 bits per heavy atom. The summed E-state index contributed by atoms with van der Waals surface area (Å²) in [6.45, 7) is 3.44. The summed E-state index contributed by atoms with van der Waals surface area (Å²) in [5, 5.41) is 13.9. The van der Waals surface area contributed by atoms with Crippen LogP contribution in [0.3, 0.4) is 0 Å². The molecule has 1 saturated heterocycles. The van der Waals surface area contributed by atoms with Gasteiger partial charge in [0.15, 0.2) is 22.4 Å². The summed E-state index contributed by atoms with van der Waals surface area (Å²) in [6.07, 6.45) is 0.924. The number of carbonyl (C=O) groups excluding carboxylic acids is 3. The molecule has 2 N–H and O–H groups in total. The number of nitrogens with one attached hydrogen (secondary N) is 2. The fraction of sp³-hybridized carbons (Fsp3) is 0.462. The van der Waals surface area contributed by atoms with Gasteiger partial charge >= 0.3 is 5.97 Å². The molecule has 0 bridgehead atoms. The monoisotopic (exact) mass is 309 g/mol. The second-order valence-electron chi connectivity index (χ2n) is 4.83. The standard InChI is InChI=1S/C13H15N3O4S/c1-7(2)4-8(17)5-13(11(19)20-3)9(6-14)10(18)15-12(21)16-13/h4,9H,5H2,1-3H3,(H2,15,16,18,21)/t9-,13+/m0/s1. The first-order valence-electron chi connectivity index (χ1n) is 6.05. The molecule has 112 valence electrons. The van der Waals surface area contributed by atoms with E-state index in [9.17, 15) is 19.6 Å². The average molecular weight is 309 g/mol. The van der Waals surface area contributed by atoms with Gasteiger partial charge in [-0.3, -0.25) is 9.59 Å². The number of ether oxygens (including phenoxy) is 1. The molecule has 0 spiro atoms. The highest BCUT2D eigenvalue weighted by Gasteiger charge is 2.55. The topological polar surface area (TPSA) is 108 Å². The van der Waals surface area contributed by atoms with Crippen LogP contribution in [0.1, 0.15) is 20.3 Å². The van der Waals surface area contributed by atoms with E-state index in [1.54, 1.807) is 19.9 Å². The minimum atomic E-state index is -1.81. The number of carbonyl (C=O) groups is 3. The number of rotatable bonds is 4. The van der Waals surface area contributed by atoms with E-state index in [1.165, 1.54) is 6.08 Å². The minimum absolute atomic E-state index is 0.123. The Morgan fingerprint density at radius 3 is 2.62 bits per heavy atom. The zero-order chi connectivity index (χ0) is 16.2. The summed E-state index contributed by atoms with van der Waals surface area (Å²) >= 11 is 4.85. The van der Waals surface area contributed by atoms with Gasteiger partial charge < -0.3 is 15.4 Å². The van der Waals surface area contributed by atoms with E-state index in [0.717, 1.165) is 12.7 Å². The summed E-state index contributed by atoms with van der Waals surface area (Å²) < 4.78 is 4.66. The van der Waals surface area contributed by atoms with Crippen molar-refractivity contribution in [3.05, 3.63) is 11.6 Å². The number of allylic oxidation sites excluding steroid dienone is 2. The van der Waals surface area contributed by atoms with Gasteiger partial charge in [0.1, 0.15) is 0 Å². The lowest BCUT2D eigenvalue weighted by Gasteiger charge is -2.38. The van der Waals surface area contributed by atoms with Crippen LogP contribution in [0.25, 0.3) is 0 Å². The number of hydrogen-bond acceptors (Lipinski definition) is 6. The number of nitriles is 1. The molecule has 1 fully saturated rings. The Balaban J connectivity index is 3.30. The van der Waals surface area contributed by atoms with Crippen LogP contribution in [0.15, 0.2) is 11.6 Å². The van der Waals surface area contributed by atoms with Gasteiger partial charge in [0.05, 0.1) is 13.2 Å². The van der Waals surface area contributed by atoms with Crippen LogP contribution in [0.5, 0.6) is 0 Å². The lowest BCUT2D eigenvalue weighted by Crippen LogP contribution is -2.70. The van der Waals surface area contributed by atoms with Crippen molar-refractivity contribution >= 4 is 35.0 Å². The van der Waals surface area contributed by atoms with Crippen LogP contribution in [0.4, 0.5) is 0 Å². The van der Waals surface area contributed by atoms with E-state index < -0.39 is 35.5 Å². The van der Waals surface area contributed by atoms with E-state index in [-0.39, 0.29) is 5.11 Å². The molecule has 0 radical (unpaired) electrons. The number of ketones is 1. The first kappa shape index (κ1) is 16.8. The highest BCUT2D eigenvalue weighted by atomic mass is 32.1. The van der Waals surface area contributed by atoms with E-state index in [1.807, 2.05) is 0 Å². The molecule has 0 aromatic heterocycles. The van der Waals surface area contributed by atoms with E-state index in [0.29, 0.717) is 0 Å². The normalized spacial score (nSPS) is 24.2. The Labute approximate surface area is 127 Å². The van der Waals surface area contributed by atoms with Gasteiger partial charge in [-0.05, 0) is 32.1 Å². The van der Waals surface area contributed by atoms with Gasteiger partial charge in [0, 0.05) is 6.42 Å². The molecule has 0 aromatic rings. The van der Waals surface area contributed by atoms with Crippen molar-refractivity contribution in [2.75, 3.05) is 7.11 Å². The summed E-state index contributed by atoms with van der Waals surface area (Å²) in [6, 6.07) is 1.73. The van der Waals surface area contributed by atoms with Crippen molar-refractivity contribution in [1.29, 1.82) is 5.26 Å². The summed E-state index contributed by atoms with van der Waals surface area (Å²) in [7, 11) is 1.11. The van der Waals surface area contributed by atoms with Crippen molar-refractivity contribution in [2.45, 2.75) is 25.8 Å². The Hall–Kier alpha value is -2.27. The highest BCUT2D eigenvalue weighted by molar-refractivity contribution is 7.80. The van der Waals surface area contributed by atoms with Crippen molar-refractivity contribution in [3.63, 3.8) is 0 Å². The van der Waals surface area contributed by atoms with Crippen molar-refractivity contribution in [3.8, 4) is 6.07 Å².